The molecular formula is C10H19N3S2. The van der Waals surface area contributed by atoms with Gasteiger partial charge < -0.3 is 5.32 Å². The Hall–Kier alpha value is -0.130. The van der Waals surface area contributed by atoms with Crippen molar-refractivity contribution in [3.63, 3.8) is 0 Å². The zero-order valence-electron chi connectivity index (χ0n) is 9.40. The number of hydrogen-bond acceptors (Lipinski definition) is 5. The summed E-state index contributed by atoms with van der Waals surface area (Å²) < 4.78 is 5.05. The van der Waals surface area contributed by atoms with E-state index in [1.54, 1.807) is 18.1 Å². The van der Waals surface area contributed by atoms with E-state index in [2.05, 4.69) is 28.5 Å². The molecule has 1 N–H and O–H groups in total. The van der Waals surface area contributed by atoms with E-state index < -0.39 is 0 Å². The molecule has 0 fully saturated rings. The number of aromatic nitrogens is 2. The lowest BCUT2D eigenvalue weighted by Gasteiger charge is -2.09. The molecule has 1 unspecified atom stereocenters. The molecule has 0 aliphatic heterocycles. The molecule has 1 heterocycles. The SMILES string of the molecule is CCCCCNCC(C)Sc1ncns1. The van der Waals surface area contributed by atoms with E-state index in [9.17, 15) is 0 Å². The number of rotatable bonds is 8. The van der Waals surface area contributed by atoms with Gasteiger partial charge in [0.2, 0.25) is 0 Å². The monoisotopic (exact) mass is 245 g/mol. The number of nitrogens with one attached hydrogen (secondary N) is 1. The van der Waals surface area contributed by atoms with Crippen molar-refractivity contribution < 1.29 is 0 Å². The largest absolute Gasteiger partial charge is 0.316 e. The highest BCUT2D eigenvalue weighted by molar-refractivity contribution is 8.01. The van der Waals surface area contributed by atoms with Crippen molar-refractivity contribution in [3.05, 3.63) is 6.33 Å². The van der Waals surface area contributed by atoms with Crippen molar-refractivity contribution in [1.82, 2.24) is 14.7 Å². The Bertz CT molecular complexity index is 239. The van der Waals surface area contributed by atoms with Crippen LogP contribution in [0.5, 0.6) is 0 Å². The summed E-state index contributed by atoms with van der Waals surface area (Å²) in [5.41, 5.74) is 0. The second-order valence-corrected chi connectivity index (χ2v) is 6.01. The van der Waals surface area contributed by atoms with Crippen molar-refractivity contribution in [2.45, 2.75) is 42.7 Å². The number of thioether (sulfide) groups is 1. The highest BCUT2D eigenvalue weighted by Gasteiger charge is 2.05. The fraction of sp³-hybridized carbons (Fsp3) is 0.800. The molecule has 5 heteroatoms. The van der Waals surface area contributed by atoms with Crippen molar-refractivity contribution in [1.29, 1.82) is 0 Å². The Morgan fingerprint density at radius 3 is 3.07 bits per heavy atom. The fourth-order valence-corrected chi connectivity index (χ4v) is 2.96. The van der Waals surface area contributed by atoms with Gasteiger partial charge in [-0.1, -0.05) is 38.5 Å². The smallest absolute Gasteiger partial charge is 0.170 e. The van der Waals surface area contributed by atoms with Crippen molar-refractivity contribution in [3.8, 4) is 0 Å². The van der Waals surface area contributed by atoms with Crippen LogP contribution in [-0.4, -0.2) is 27.7 Å². The van der Waals surface area contributed by atoms with Gasteiger partial charge in [0, 0.05) is 11.8 Å². The van der Waals surface area contributed by atoms with Crippen LogP contribution in [-0.2, 0) is 0 Å². The standard InChI is InChI=1S/C10H19N3S2/c1-3-4-5-6-11-7-9(2)14-10-12-8-13-15-10/h8-9,11H,3-7H2,1-2H3. The summed E-state index contributed by atoms with van der Waals surface area (Å²) in [5.74, 6) is 0. The predicted octanol–water partition coefficient (Wildman–Crippen LogP) is 2.80. The normalized spacial score (nSPS) is 12.9. The van der Waals surface area contributed by atoms with Gasteiger partial charge in [0.05, 0.1) is 0 Å². The maximum absolute atomic E-state index is 4.16. The van der Waals surface area contributed by atoms with Crippen LogP contribution in [0.15, 0.2) is 10.7 Å². The third-order valence-electron chi connectivity index (χ3n) is 2.03. The summed E-state index contributed by atoms with van der Waals surface area (Å²) >= 11 is 3.27. The Morgan fingerprint density at radius 2 is 2.40 bits per heavy atom. The summed E-state index contributed by atoms with van der Waals surface area (Å²) in [6, 6.07) is 0. The van der Waals surface area contributed by atoms with Gasteiger partial charge in [0.15, 0.2) is 4.34 Å². The Labute approximate surface area is 100 Å². The fourth-order valence-electron chi connectivity index (χ4n) is 1.23. The average molecular weight is 245 g/mol. The molecule has 0 saturated carbocycles. The average Bonchev–Trinajstić information content (AvgIpc) is 2.70. The third kappa shape index (κ3) is 6.12. The summed E-state index contributed by atoms with van der Waals surface area (Å²) in [6.07, 6.45) is 5.52. The molecule has 0 saturated heterocycles. The minimum atomic E-state index is 0.569. The molecule has 0 spiro atoms. The maximum atomic E-state index is 4.16. The molecule has 0 bridgehead atoms. The van der Waals surface area contributed by atoms with E-state index in [4.69, 9.17) is 0 Å². The van der Waals surface area contributed by atoms with Crippen molar-refractivity contribution >= 4 is 23.3 Å². The van der Waals surface area contributed by atoms with Gasteiger partial charge >= 0.3 is 0 Å². The lowest BCUT2D eigenvalue weighted by molar-refractivity contribution is 0.615. The minimum Gasteiger partial charge on any atom is -0.316 e. The van der Waals surface area contributed by atoms with Crippen molar-refractivity contribution in [2.75, 3.05) is 13.1 Å². The van der Waals surface area contributed by atoms with Crippen LogP contribution in [0.25, 0.3) is 0 Å². The molecule has 0 amide bonds. The quantitative estimate of drug-likeness (QED) is 0.564. The van der Waals surface area contributed by atoms with E-state index in [1.807, 2.05) is 0 Å². The highest BCUT2D eigenvalue weighted by Crippen LogP contribution is 2.22. The van der Waals surface area contributed by atoms with Gasteiger partial charge in [0.25, 0.3) is 0 Å². The van der Waals surface area contributed by atoms with Gasteiger partial charge in [-0.3, -0.25) is 0 Å². The van der Waals surface area contributed by atoms with E-state index in [1.165, 1.54) is 30.8 Å². The molecule has 86 valence electrons. The first-order chi connectivity index (χ1) is 7.33. The van der Waals surface area contributed by atoms with E-state index in [0.29, 0.717) is 5.25 Å². The summed E-state index contributed by atoms with van der Waals surface area (Å²) in [6.45, 7) is 6.63. The number of unbranched alkanes of at least 4 members (excludes halogenated alkanes) is 2. The van der Waals surface area contributed by atoms with Crippen molar-refractivity contribution in [2.24, 2.45) is 0 Å². The summed E-state index contributed by atoms with van der Waals surface area (Å²) in [4.78, 5) is 4.16. The molecule has 1 aromatic rings. The zero-order valence-corrected chi connectivity index (χ0v) is 11.0. The molecule has 0 aliphatic carbocycles. The lowest BCUT2D eigenvalue weighted by atomic mass is 10.2. The topological polar surface area (TPSA) is 37.8 Å². The number of hydrogen-bond donors (Lipinski definition) is 1. The Kier molecular flexibility index (Phi) is 6.96. The highest BCUT2D eigenvalue weighted by atomic mass is 32.2. The molecular weight excluding hydrogens is 226 g/mol. The second-order valence-electron chi connectivity index (χ2n) is 3.55. The van der Waals surface area contributed by atoms with E-state index >= 15 is 0 Å². The van der Waals surface area contributed by atoms with E-state index in [0.717, 1.165) is 17.4 Å². The molecule has 3 nitrogen and oxygen atoms in total. The van der Waals surface area contributed by atoms with Gasteiger partial charge in [0.1, 0.15) is 6.33 Å². The second kappa shape index (κ2) is 8.07. The van der Waals surface area contributed by atoms with Gasteiger partial charge in [-0.25, -0.2) is 4.98 Å². The van der Waals surface area contributed by atoms with E-state index in [-0.39, 0.29) is 0 Å². The van der Waals surface area contributed by atoms with Gasteiger partial charge in [-0.15, -0.1) is 0 Å². The summed E-state index contributed by atoms with van der Waals surface area (Å²) in [5, 5.41) is 4.04. The van der Waals surface area contributed by atoms with Crippen LogP contribution in [0.4, 0.5) is 0 Å². The molecule has 0 aromatic carbocycles. The lowest BCUT2D eigenvalue weighted by Crippen LogP contribution is -2.23. The first-order valence-corrected chi connectivity index (χ1v) is 7.12. The first-order valence-electron chi connectivity index (χ1n) is 5.47. The van der Waals surface area contributed by atoms with Gasteiger partial charge in [-0.05, 0) is 24.5 Å². The molecule has 1 atom stereocenters. The number of nitrogens with zero attached hydrogens (tertiary/aromatic N) is 2. The van der Waals surface area contributed by atoms with Crippen LogP contribution in [0.2, 0.25) is 0 Å². The Balaban J connectivity index is 2.01. The maximum Gasteiger partial charge on any atom is 0.170 e. The summed E-state index contributed by atoms with van der Waals surface area (Å²) in [7, 11) is 0. The van der Waals surface area contributed by atoms with Crippen LogP contribution in [0.3, 0.4) is 0 Å². The predicted molar refractivity (Wildman–Crippen MR) is 67.6 cm³/mol. The van der Waals surface area contributed by atoms with Crippen LogP contribution < -0.4 is 5.32 Å². The molecule has 0 radical (unpaired) electrons. The van der Waals surface area contributed by atoms with Crippen LogP contribution in [0.1, 0.15) is 33.1 Å². The Morgan fingerprint density at radius 1 is 1.53 bits per heavy atom. The zero-order chi connectivity index (χ0) is 10.9. The molecule has 1 aromatic heterocycles. The van der Waals surface area contributed by atoms with Crippen LogP contribution >= 0.6 is 23.3 Å². The van der Waals surface area contributed by atoms with Gasteiger partial charge in [-0.2, -0.15) is 4.37 Å². The molecule has 1 rings (SSSR count). The first kappa shape index (κ1) is 12.9. The van der Waals surface area contributed by atoms with Crippen LogP contribution in [0, 0.1) is 0 Å². The molecule has 0 aliphatic rings. The third-order valence-corrected chi connectivity index (χ3v) is 3.88. The molecule has 15 heavy (non-hydrogen) atoms. The minimum absolute atomic E-state index is 0.569.